The van der Waals surface area contributed by atoms with Crippen LogP contribution in [0.4, 0.5) is 0 Å². The molecular formula is C12H16ClN3O3. The SMILES string of the molecule is Cl.Cn1c(=O)[nH]c2cc(CC(C)(N)C(=O)O)ccc21. The third kappa shape index (κ3) is 2.80. The molecule has 0 saturated carbocycles. The smallest absolute Gasteiger partial charge is 0.326 e. The third-order valence-corrected chi connectivity index (χ3v) is 3.03. The second kappa shape index (κ2) is 5.07. The molecular weight excluding hydrogens is 270 g/mol. The molecule has 0 spiro atoms. The highest BCUT2D eigenvalue weighted by Gasteiger charge is 2.28. The lowest BCUT2D eigenvalue weighted by atomic mass is 9.94. The van der Waals surface area contributed by atoms with Crippen LogP contribution in [-0.4, -0.2) is 26.2 Å². The molecule has 6 nitrogen and oxygen atoms in total. The van der Waals surface area contributed by atoms with Crippen molar-refractivity contribution in [3.05, 3.63) is 34.2 Å². The molecule has 19 heavy (non-hydrogen) atoms. The van der Waals surface area contributed by atoms with E-state index in [0.29, 0.717) is 5.52 Å². The van der Waals surface area contributed by atoms with Crippen molar-refractivity contribution in [3.63, 3.8) is 0 Å². The molecule has 4 N–H and O–H groups in total. The van der Waals surface area contributed by atoms with Crippen LogP contribution in [-0.2, 0) is 18.3 Å². The summed E-state index contributed by atoms with van der Waals surface area (Å²) in [5.41, 5.74) is 6.41. The predicted octanol–water partition coefficient (Wildman–Crippen LogP) is 0.633. The number of rotatable bonds is 3. The maximum atomic E-state index is 11.4. The van der Waals surface area contributed by atoms with E-state index in [9.17, 15) is 9.59 Å². The van der Waals surface area contributed by atoms with Crippen LogP contribution < -0.4 is 11.4 Å². The molecule has 2 rings (SSSR count). The minimum atomic E-state index is -1.32. The van der Waals surface area contributed by atoms with E-state index in [1.807, 2.05) is 0 Å². The average molecular weight is 286 g/mol. The fourth-order valence-corrected chi connectivity index (χ4v) is 1.89. The fraction of sp³-hybridized carbons (Fsp3) is 0.333. The van der Waals surface area contributed by atoms with Crippen molar-refractivity contribution in [3.8, 4) is 0 Å². The number of halogens is 1. The number of imidazole rings is 1. The van der Waals surface area contributed by atoms with Gasteiger partial charge in [0.25, 0.3) is 0 Å². The first-order chi connectivity index (χ1) is 8.31. The lowest BCUT2D eigenvalue weighted by molar-refractivity contribution is -0.142. The van der Waals surface area contributed by atoms with Crippen LogP contribution in [0.3, 0.4) is 0 Å². The Hall–Kier alpha value is -1.79. The van der Waals surface area contributed by atoms with Gasteiger partial charge in [0.1, 0.15) is 5.54 Å². The van der Waals surface area contributed by atoms with Gasteiger partial charge in [0.2, 0.25) is 0 Å². The van der Waals surface area contributed by atoms with E-state index in [1.165, 1.54) is 11.5 Å². The number of carboxylic acids is 1. The Morgan fingerprint density at radius 2 is 2.16 bits per heavy atom. The number of aromatic nitrogens is 2. The molecule has 1 aromatic heterocycles. The van der Waals surface area contributed by atoms with Gasteiger partial charge in [-0.05, 0) is 24.6 Å². The summed E-state index contributed by atoms with van der Waals surface area (Å²) < 4.78 is 1.50. The third-order valence-electron chi connectivity index (χ3n) is 3.03. The molecule has 0 saturated heterocycles. The van der Waals surface area contributed by atoms with Crippen LogP contribution in [0.1, 0.15) is 12.5 Å². The molecule has 7 heteroatoms. The van der Waals surface area contributed by atoms with Gasteiger partial charge in [-0.1, -0.05) is 6.07 Å². The van der Waals surface area contributed by atoms with E-state index in [2.05, 4.69) is 4.98 Å². The number of H-pyrrole nitrogens is 1. The Labute approximate surface area is 115 Å². The summed E-state index contributed by atoms with van der Waals surface area (Å²) in [6.45, 7) is 1.47. The molecule has 1 heterocycles. The summed E-state index contributed by atoms with van der Waals surface area (Å²) in [6.07, 6.45) is 0.204. The van der Waals surface area contributed by atoms with Gasteiger partial charge in [-0.25, -0.2) is 4.79 Å². The van der Waals surface area contributed by atoms with Crippen molar-refractivity contribution in [1.29, 1.82) is 0 Å². The average Bonchev–Trinajstić information content (AvgIpc) is 2.53. The molecule has 0 aliphatic carbocycles. The Kier molecular flexibility index (Phi) is 4.07. The zero-order valence-corrected chi connectivity index (χ0v) is 11.5. The highest BCUT2D eigenvalue weighted by molar-refractivity contribution is 5.85. The lowest BCUT2D eigenvalue weighted by Gasteiger charge is -2.18. The van der Waals surface area contributed by atoms with Crippen molar-refractivity contribution < 1.29 is 9.90 Å². The maximum absolute atomic E-state index is 11.4. The van der Waals surface area contributed by atoms with Crippen LogP contribution >= 0.6 is 12.4 Å². The van der Waals surface area contributed by atoms with Crippen LogP contribution in [0, 0.1) is 0 Å². The molecule has 1 unspecified atom stereocenters. The van der Waals surface area contributed by atoms with Crippen LogP contribution in [0.15, 0.2) is 23.0 Å². The molecule has 0 fully saturated rings. The number of nitrogens with two attached hydrogens (primary N) is 1. The molecule has 0 amide bonds. The molecule has 0 aliphatic rings. The van der Waals surface area contributed by atoms with Crippen molar-refractivity contribution >= 4 is 29.4 Å². The number of benzene rings is 1. The zero-order chi connectivity index (χ0) is 13.5. The first kappa shape index (κ1) is 15.3. The second-order valence-corrected chi connectivity index (χ2v) is 4.74. The summed E-state index contributed by atoms with van der Waals surface area (Å²) >= 11 is 0. The van der Waals surface area contributed by atoms with E-state index in [0.717, 1.165) is 11.1 Å². The van der Waals surface area contributed by atoms with E-state index in [-0.39, 0.29) is 24.5 Å². The Morgan fingerprint density at radius 3 is 2.74 bits per heavy atom. The van der Waals surface area contributed by atoms with Crippen molar-refractivity contribution in [1.82, 2.24) is 9.55 Å². The summed E-state index contributed by atoms with van der Waals surface area (Å²) in [6, 6.07) is 5.31. The molecule has 0 bridgehead atoms. The van der Waals surface area contributed by atoms with E-state index in [4.69, 9.17) is 10.8 Å². The molecule has 1 aromatic carbocycles. The standard InChI is InChI=1S/C12H15N3O3.ClH/c1-12(13,10(16)17)6-7-3-4-9-8(5-7)14-11(18)15(9)2;/h3-5H,6,13H2,1-2H3,(H,14,18)(H,16,17);1H. The quantitative estimate of drug-likeness (QED) is 0.770. The largest absolute Gasteiger partial charge is 0.480 e. The number of aliphatic carboxylic acids is 1. The number of nitrogens with zero attached hydrogens (tertiary/aromatic N) is 1. The summed E-state index contributed by atoms with van der Waals surface area (Å²) in [5.74, 6) is -1.05. The molecule has 0 radical (unpaired) electrons. The maximum Gasteiger partial charge on any atom is 0.326 e. The number of hydrogen-bond donors (Lipinski definition) is 3. The monoisotopic (exact) mass is 285 g/mol. The molecule has 104 valence electrons. The van der Waals surface area contributed by atoms with Gasteiger partial charge < -0.3 is 15.8 Å². The first-order valence-electron chi connectivity index (χ1n) is 5.51. The summed E-state index contributed by atoms with van der Waals surface area (Å²) in [7, 11) is 1.67. The van der Waals surface area contributed by atoms with Crippen molar-refractivity contribution in [2.24, 2.45) is 12.8 Å². The number of carbonyl (C=O) groups is 1. The lowest BCUT2D eigenvalue weighted by Crippen LogP contribution is -2.46. The zero-order valence-electron chi connectivity index (χ0n) is 10.6. The first-order valence-corrected chi connectivity index (χ1v) is 5.51. The van der Waals surface area contributed by atoms with E-state index >= 15 is 0 Å². The van der Waals surface area contributed by atoms with Gasteiger partial charge in [-0.3, -0.25) is 9.36 Å². The number of aryl methyl sites for hydroxylation is 1. The van der Waals surface area contributed by atoms with Gasteiger partial charge in [-0.2, -0.15) is 0 Å². The number of hydrogen-bond acceptors (Lipinski definition) is 3. The van der Waals surface area contributed by atoms with E-state index < -0.39 is 11.5 Å². The van der Waals surface area contributed by atoms with Crippen LogP contribution in [0.25, 0.3) is 11.0 Å². The van der Waals surface area contributed by atoms with E-state index in [1.54, 1.807) is 25.2 Å². The van der Waals surface area contributed by atoms with Gasteiger partial charge in [0.15, 0.2) is 0 Å². The normalized spacial score (nSPS) is 13.8. The van der Waals surface area contributed by atoms with Crippen molar-refractivity contribution in [2.75, 3.05) is 0 Å². The minimum absolute atomic E-state index is 0. The number of nitrogens with one attached hydrogen (secondary N) is 1. The highest BCUT2D eigenvalue weighted by atomic mass is 35.5. The van der Waals surface area contributed by atoms with Crippen molar-refractivity contribution in [2.45, 2.75) is 18.9 Å². The number of aromatic amines is 1. The van der Waals surface area contributed by atoms with Gasteiger partial charge in [0, 0.05) is 13.5 Å². The fourth-order valence-electron chi connectivity index (χ4n) is 1.89. The van der Waals surface area contributed by atoms with Gasteiger partial charge in [-0.15, -0.1) is 12.4 Å². The summed E-state index contributed by atoms with van der Waals surface area (Å²) in [4.78, 5) is 25.1. The van der Waals surface area contributed by atoms with Gasteiger partial charge >= 0.3 is 11.7 Å². The highest BCUT2D eigenvalue weighted by Crippen LogP contribution is 2.16. The second-order valence-electron chi connectivity index (χ2n) is 4.74. The molecule has 0 aliphatic heterocycles. The Morgan fingerprint density at radius 1 is 1.53 bits per heavy atom. The Balaban J connectivity index is 0.00000180. The topological polar surface area (TPSA) is 101 Å². The number of fused-ring (bicyclic) bond motifs is 1. The predicted molar refractivity (Wildman–Crippen MR) is 74.7 cm³/mol. The van der Waals surface area contributed by atoms with Crippen LogP contribution in [0.2, 0.25) is 0 Å². The molecule has 2 aromatic rings. The summed E-state index contributed by atoms with van der Waals surface area (Å²) in [5, 5.41) is 8.98. The number of carboxylic acid groups (broad SMARTS) is 1. The van der Waals surface area contributed by atoms with Gasteiger partial charge in [0.05, 0.1) is 11.0 Å². The Bertz CT molecular complexity index is 672. The minimum Gasteiger partial charge on any atom is -0.480 e. The molecule has 1 atom stereocenters. The van der Waals surface area contributed by atoms with Crippen LogP contribution in [0.5, 0.6) is 0 Å².